The molecule has 2 aromatic carbocycles. The number of carbonyl (C=O) groups is 2. The molecule has 0 saturated heterocycles. The molecule has 0 aromatic heterocycles. The number of carbonyl (C=O) groups excluding carboxylic acids is 2. The maximum Gasteiger partial charge on any atom is 0.328 e. The van der Waals surface area contributed by atoms with Crippen molar-refractivity contribution in [1.29, 1.82) is 0 Å². The predicted molar refractivity (Wildman–Crippen MR) is 102 cm³/mol. The molecule has 0 aliphatic carbocycles. The van der Waals surface area contributed by atoms with E-state index in [9.17, 15) is 9.59 Å². The van der Waals surface area contributed by atoms with Gasteiger partial charge in [0.1, 0.15) is 19.3 Å². The maximum atomic E-state index is 12.3. The molecule has 142 valence electrons. The van der Waals surface area contributed by atoms with Crippen LogP contribution >= 0.6 is 11.8 Å². The van der Waals surface area contributed by atoms with E-state index in [1.54, 1.807) is 0 Å². The zero-order valence-electron chi connectivity index (χ0n) is 15.0. The van der Waals surface area contributed by atoms with Crippen molar-refractivity contribution in [3.8, 4) is 11.5 Å². The maximum absolute atomic E-state index is 12.3. The van der Waals surface area contributed by atoms with Crippen LogP contribution in [0, 0.1) is 0 Å². The number of ether oxygens (including phenoxy) is 3. The van der Waals surface area contributed by atoms with E-state index in [-0.39, 0.29) is 11.7 Å². The van der Waals surface area contributed by atoms with Crippen LogP contribution in [0.25, 0.3) is 0 Å². The van der Waals surface area contributed by atoms with Gasteiger partial charge in [-0.2, -0.15) is 0 Å². The average molecular weight is 387 g/mol. The monoisotopic (exact) mass is 387 g/mol. The van der Waals surface area contributed by atoms with Crippen LogP contribution in [0.2, 0.25) is 0 Å². The Kier molecular flexibility index (Phi) is 6.59. The molecule has 0 unspecified atom stereocenters. The number of esters is 1. The number of rotatable bonds is 7. The average Bonchev–Trinajstić information content (AvgIpc) is 2.71. The molecular formula is C20H21NO5S. The highest BCUT2D eigenvalue weighted by Crippen LogP contribution is 2.34. The van der Waals surface area contributed by atoms with Crippen LogP contribution in [-0.4, -0.2) is 44.0 Å². The van der Waals surface area contributed by atoms with E-state index in [2.05, 4.69) is 5.32 Å². The number of fused-ring (bicyclic) bond motifs is 1. The smallest absolute Gasteiger partial charge is 0.328 e. The standard InChI is InChI=1S/C20H21NO5S/c1-24-20(23)16(11-14-5-3-2-4-6-14)21-19(22)13-27-15-7-8-17-18(12-15)26-10-9-25-17/h2-8,12,16H,9-11,13H2,1H3,(H,21,22)/t16-/m0/s1. The number of hydrogen-bond donors (Lipinski definition) is 1. The molecule has 0 bridgehead atoms. The van der Waals surface area contributed by atoms with E-state index < -0.39 is 12.0 Å². The highest BCUT2D eigenvalue weighted by atomic mass is 32.2. The third-order valence-electron chi connectivity index (χ3n) is 3.99. The van der Waals surface area contributed by atoms with Crippen LogP contribution in [-0.2, 0) is 20.7 Å². The van der Waals surface area contributed by atoms with E-state index >= 15 is 0 Å². The summed E-state index contributed by atoms with van der Waals surface area (Å²) < 4.78 is 15.9. The predicted octanol–water partition coefficient (Wildman–Crippen LogP) is 2.45. The van der Waals surface area contributed by atoms with Crippen molar-refractivity contribution in [2.24, 2.45) is 0 Å². The van der Waals surface area contributed by atoms with Crippen LogP contribution in [0.3, 0.4) is 0 Å². The van der Waals surface area contributed by atoms with E-state index in [0.717, 1.165) is 10.5 Å². The second-order valence-corrected chi connectivity index (χ2v) is 6.98. The number of methoxy groups -OCH3 is 1. The van der Waals surface area contributed by atoms with E-state index in [1.807, 2.05) is 48.5 Å². The second kappa shape index (κ2) is 9.32. The van der Waals surface area contributed by atoms with Gasteiger partial charge in [0, 0.05) is 11.3 Å². The minimum atomic E-state index is -0.717. The molecule has 27 heavy (non-hydrogen) atoms. The summed E-state index contributed by atoms with van der Waals surface area (Å²) in [5, 5.41) is 2.76. The van der Waals surface area contributed by atoms with Crippen molar-refractivity contribution in [3.63, 3.8) is 0 Å². The highest BCUT2D eigenvalue weighted by molar-refractivity contribution is 8.00. The molecule has 0 saturated carbocycles. The topological polar surface area (TPSA) is 73.9 Å². The Morgan fingerprint density at radius 3 is 2.59 bits per heavy atom. The fourth-order valence-electron chi connectivity index (χ4n) is 2.68. The molecule has 7 heteroatoms. The van der Waals surface area contributed by atoms with Gasteiger partial charge < -0.3 is 19.5 Å². The lowest BCUT2D eigenvalue weighted by molar-refractivity contribution is -0.144. The van der Waals surface area contributed by atoms with Crippen molar-refractivity contribution in [3.05, 3.63) is 54.1 Å². The molecule has 2 aromatic rings. The Hall–Kier alpha value is -2.67. The van der Waals surface area contributed by atoms with Crippen molar-refractivity contribution < 1.29 is 23.8 Å². The Morgan fingerprint density at radius 1 is 1.11 bits per heavy atom. The van der Waals surface area contributed by atoms with Gasteiger partial charge in [-0.1, -0.05) is 30.3 Å². The normalized spacial score (nSPS) is 13.5. The van der Waals surface area contributed by atoms with Gasteiger partial charge in [0.2, 0.25) is 5.91 Å². The van der Waals surface area contributed by atoms with Crippen LogP contribution < -0.4 is 14.8 Å². The van der Waals surface area contributed by atoms with Gasteiger partial charge in [-0.3, -0.25) is 4.79 Å². The fourth-order valence-corrected chi connectivity index (χ4v) is 3.42. The van der Waals surface area contributed by atoms with E-state index in [4.69, 9.17) is 14.2 Å². The summed E-state index contributed by atoms with van der Waals surface area (Å²) in [5.74, 6) is 0.881. The fraction of sp³-hybridized carbons (Fsp3) is 0.300. The van der Waals surface area contributed by atoms with Gasteiger partial charge in [0.25, 0.3) is 0 Å². The summed E-state index contributed by atoms with van der Waals surface area (Å²) in [4.78, 5) is 25.2. The number of benzene rings is 2. The molecule has 1 atom stereocenters. The van der Waals surface area contributed by atoms with Crippen molar-refractivity contribution >= 4 is 23.6 Å². The molecule has 1 amide bonds. The van der Waals surface area contributed by atoms with Gasteiger partial charge in [-0.25, -0.2) is 4.79 Å². The Morgan fingerprint density at radius 2 is 1.85 bits per heavy atom. The third kappa shape index (κ3) is 5.40. The zero-order valence-corrected chi connectivity index (χ0v) is 15.8. The molecule has 3 rings (SSSR count). The molecule has 6 nitrogen and oxygen atoms in total. The van der Waals surface area contributed by atoms with Crippen molar-refractivity contribution in [1.82, 2.24) is 5.32 Å². The summed E-state index contributed by atoms with van der Waals surface area (Å²) in [5.41, 5.74) is 0.952. The highest BCUT2D eigenvalue weighted by Gasteiger charge is 2.22. The van der Waals surface area contributed by atoms with E-state index in [1.165, 1.54) is 18.9 Å². The van der Waals surface area contributed by atoms with Crippen molar-refractivity contribution in [2.75, 3.05) is 26.1 Å². The van der Waals surface area contributed by atoms with Crippen LogP contribution in [0.15, 0.2) is 53.4 Å². The molecule has 1 aliphatic rings. The first-order valence-corrected chi connectivity index (χ1v) is 9.58. The largest absolute Gasteiger partial charge is 0.486 e. The van der Waals surface area contributed by atoms with Crippen LogP contribution in [0.5, 0.6) is 11.5 Å². The lowest BCUT2D eigenvalue weighted by Crippen LogP contribution is -2.43. The summed E-state index contributed by atoms with van der Waals surface area (Å²) in [7, 11) is 1.32. The Balaban J connectivity index is 1.56. The van der Waals surface area contributed by atoms with Crippen molar-refractivity contribution in [2.45, 2.75) is 17.4 Å². The van der Waals surface area contributed by atoms with E-state index in [0.29, 0.717) is 31.1 Å². The first kappa shape index (κ1) is 19.1. The first-order chi connectivity index (χ1) is 13.2. The molecule has 1 aliphatic heterocycles. The lowest BCUT2D eigenvalue weighted by Gasteiger charge is -2.19. The molecule has 1 heterocycles. The van der Waals surface area contributed by atoms with Crippen LogP contribution in [0.1, 0.15) is 5.56 Å². The molecule has 0 spiro atoms. The SMILES string of the molecule is COC(=O)[C@H](Cc1ccccc1)NC(=O)CSc1ccc2c(c1)OCCO2. The van der Waals surface area contributed by atoms with Crippen LogP contribution in [0.4, 0.5) is 0 Å². The molecule has 0 fully saturated rings. The molecular weight excluding hydrogens is 366 g/mol. The number of amides is 1. The summed E-state index contributed by atoms with van der Waals surface area (Å²) in [6, 6.07) is 14.4. The summed E-state index contributed by atoms with van der Waals surface area (Å²) in [6.45, 7) is 1.06. The quantitative estimate of drug-likeness (QED) is 0.581. The van der Waals surface area contributed by atoms with Gasteiger partial charge in [-0.05, 0) is 23.8 Å². The van der Waals surface area contributed by atoms with Gasteiger partial charge in [-0.15, -0.1) is 11.8 Å². The van der Waals surface area contributed by atoms with Gasteiger partial charge in [0.15, 0.2) is 11.5 Å². The number of hydrogen-bond acceptors (Lipinski definition) is 6. The molecule has 0 radical (unpaired) electrons. The summed E-state index contributed by atoms with van der Waals surface area (Å²) in [6.07, 6.45) is 0.383. The number of nitrogens with one attached hydrogen (secondary N) is 1. The Bertz CT molecular complexity index is 796. The summed E-state index contributed by atoms with van der Waals surface area (Å²) >= 11 is 1.37. The Labute approximate surface area is 162 Å². The van der Waals surface area contributed by atoms with Gasteiger partial charge in [0.05, 0.1) is 12.9 Å². The first-order valence-electron chi connectivity index (χ1n) is 8.59. The van der Waals surface area contributed by atoms with Gasteiger partial charge >= 0.3 is 5.97 Å². The molecule has 1 N–H and O–H groups in total. The lowest BCUT2D eigenvalue weighted by atomic mass is 10.1. The zero-order chi connectivity index (χ0) is 19.1. The minimum absolute atomic E-state index is 0.182. The number of thioether (sulfide) groups is 1. The minimum Gasteiger partial charge on any atom is -0.486 e. The third-order valence-corrected chi connectivity index (χ3v) is 4.98. The second-order valence-electron chi connectivity index (χ2n) is 5.93.